The third-order valence-electron chi connectivity index (χ3n) is 3.63. The minimum atomic E-state index is -0.758. The molecule has 0 spiro atoms. The average molecular weight is 331 g/mol. The van der Waals surface area contributed by atoms with E-state index in [1.807, 2.05) is 0 Å². The van der Waals surface area contributed by atoms with Crippen LogP contribution in [0.25, 0.3) is 0 Å². The molecular weight excluding hydrogens is 308 g/mol. The van der Waals surface area contributed by atoms with Crippen LogP contribution in [-0.4, -0.2) is 43.4 Å². The van der Waals surface area contributed by atoms with Crippen LogP contribution in [0.4, 0.5) is 0 Å². The zero-order chi connectivity index (χ0) is 15.2. The lowest BCUT2D eigenvalue weighted by molar-refractivity contribution is -0.132. The summed E-state index contributed by atoms with van der Waals surface area (Å²) in [6.45, 7) is 0.580. The molecule has 0 aromatic heterocycles. The molecule has 2 rings (SSSR count). The maximum atomic E-state index is 11.9. The van der Waals surface area contributed by atoms with Crippen molar-refractivity contribution in [3.8, 4) is 5.75 Å². The van der Waals surface area contributed by atoms with E-state index in [0.29, 0.717) is 13.0 Å². The van der Waals surface area contributed by atoms with Gasteiger partial charge in [0.25, 0.3) is 0 Å². The molecule has 1 aliphatic rings. The van der Waals surface area contributed by atoms with E-state index in [9.17, 15) is 9.90 Å². The van der Waals surface area contributed by atoms with Gasteiger partial charge in [0, 0.05) is 13.1 Å². The lowest BCUT2D eigenvalue weighted by Crippen LogP contribution is -2.37. The largest absolute Gasteiger partial charge is 0.497 e. The number of benzene rings is 1. The highest BCUT2D eigenvalue weighted by molar-refractivity contribution is 5.85. The Bertz CT molecular complexity index is 469. The minimum absolute atomic E-state index is 0. The van der Waals surface area contributed by atoms with Crippen LogP contribution in [0.15, 0.2) is 24.3 Å². The third kappa shape index (κ3) is 4.84. The molecule has 1 saturated heterocycles. The first-order valence-electron chi connectivity index (χ1n) is 7.09. The quantitative estimate of drug-likeness (QED) is 0.716. The van der Waals surface area contributed by atoms with Gasteiger partial charge in [0.2, 0.25) is 5.91 Å². The third-order valence-corrected chi connectivity index (χ3v) is 3.63. The molecule has 124 valence electrons. The van der Waals surface area contributed by atoms with E-state index < -0.39 is 12.2 Å². The molecule has 4 N–H and O–H groups in total. The lowest BCUT2D eigenvalue weighted by Gasteiger charge is -2.16. The van der Waals surface area contributed by atoms with E-state index >= 15 is 0 Å². The molecule has 0 aliphatic carbocycles. The molecule has 6 nitrogen and oxygen atoms in total. The number of methoxy groups -OCH3 is 1. The van der Waals surface area contributed by atoms with Crippen molar-refractivity contribution in [2.24, 2.45) is 5.73 Å². The molecule has 1 aliphatic heterocycles. The van der Waals surface area contributed by atoms with Crippen LogP contribution in [0.1, 0.15) is 24.5 Å². The maximum Gasteiger partial charge on any atom is 0.249 e. The van der Waals surface area contributed by atoms with Gasteiger partial charge in [-0.2, -0.15) is 0 Å². The van der Waals surface area contributed by atoms with Crippen molar-refractivity contribution in [1.29, 1.82) is 0 Å². The Labute approximate surface area is 136 Å². The topological polar surface area (TPSA) is 93.8 Å². The van der Waals surface area contributed by atoms with Crippen LogP contribution < -0.4 is 15.8 Å². The summed E-state index contributed by atoms with van der Waals surface area (Å²) < 4.78 is 10.6. The van der Waals surface area contributed by atoms with Crippen molar-refractivity contribution in [3.05, 3.63) is 29.8 Å². The van der Waals surface area contributed by atoms with Gasteiger partial charge in [-0.25, -0.2) is 0 Å². The van der Waals surface area contributed by atoms with Crippen LogP contribution in [0.2, 0.25) is 0 Å². The predicted octanol–water partition coefficient (Wildman–Crippen LogP) is 0.773. The van der Waals surface area contributed by atoms with E-state index in [4.69, 9.17) is 15.2 Å². The van der Waals surface area contributed by atoms with Crippen molar-refractivity contribution in [3.63, 3.8) is 0 Å². The fourth-order valence-electron chi connectivity index (χ4n) is 2.33. The molecule has 1 fully saturated rings. The number of hydrogen-bond acceptors (Lipinski definition) is 5. The summed E-state index contributed by atoms with van der Waals surface area (Å²) in [6.07, 6.45) is 0.225. The summed E-state index contributed by atoms with van der Waals surface area (Å²) in [5, 5.41) is 12.8. The second-order valence-electron chi connectivity index (χ2n) is 5.09. The van der Waals surface area contributed by atoms with Gasteiger partial charge >= 0.3 is 0 Å². The Kier molecular flexibility index (Phi) is 7.61. The second kappa shape index (κ2) is 8.95. The first-order valence-corrected chi connectivity index (χ1v) is 7.09. The highest BCUT2D eigenvalue weighted by Crippen LogP contribution is 2.20. The van der Waals surface area contributed by atoms with Gasteiger partial charge < -0.3 is 25.6 Å². The van der Waals surface area contributed by atoms with Crippen molar-refractivity contribution in [2.45, 2.75) is 31.2 Å². The summed E-state index contributed by atoms with van der Waals surface area (Å²) in [6, 6.07) is 7.08. The average Bonchev–Trinajstić information content (AvgIpc) is 3.01. The molecule has 1 amide bonds. The van der Waals surface area contributed by atoms with Crippen LogP contribution >= 0.6 is 12.4 Å². The van der Waals surface area contributed by atoms with E-state index in [-0.39, 0.29) is 31.0 Å². The molecule has 22 heavy (non-hydrogen) atoms. The molecular formula is C15H23ClN2O4. The van der Waals surface area contributed by atoms with Crippen LogP contribution in [0.3, 0.4) is 0 Å². The number of aliphatic hydroxyl groups excluding tert-OH is 1. The molecule has 1 aromatic carbocycles. The van der Waals surface area contributed by atoms with Gasteiger partial charge in [-0.1, -0.05) is 12.1 Å². The van der Waals surface area contributed by atoms with Crippen molar-refractivity contribution >= 4 is 18.3 Å². The van der Waals surface area contributed by atoms with E-state index in [1.54, 1.807) is 31.4 Å². The van der Waals surface area contributed by atoms with Gasteiger partial charge in [-0.15, -0.1) is 12.4 Å². The van der Waals surface area contributed by atoms with Crippen molar-refractivity contribution in [2.75, 3.05) is 20.2 Å². The summed E-state index contributed by atoms with van der Waals surface area (Å²) in [4.78, 5) is 11.9. The lowest BCUT2D eigenvalue weighted by atomic mass is 10.1. The SMILES string of the molecule is COc1ccc(C(O)CNC(=O)[C@@H]2CC[C@H](CN)O2)cc1.Cl. The normalized spacial score (nSPS) is 21.8. The molecule has 1 aromatic rings. The molecule has 0 saturated carbocycles. The van der Waals surface area contributed by atoms with Gasteiger partial charge in [0.05, 0.1) is 19.3 Å². The number of ether oxygens (including phenoxy) is 2. The van der Waals surface area contributed by atoms with Gasteiger partial charge in [-0.05, 0) is 30.5 Å². The van der Waals surface area contributed by atoms with Crippen LogP contribution in [-0.2, 0) is 9.53 Å². The summed E-state index contributed by atoms with van der Waals surface area (Å²) in [7, 11) is 1.59. The number of rotatable bonds is 6. The van der Waals surface area contributed by atoms with Gasteiger partial charge in [0.15, 0.2) is 0 Å². The molecule has 0 radical (unpaired) electrons. The maximum absolute atomic E-state index is 11.9. The molecule has 0 bridgehead atoms. The summed E-state index contributed by atoms with van der Waals surface area (Å²) in [5.74, 6) is 0.528. The highest BCUT2D eigenvalue weighted by atomic mass is 35.5. The number of hydrogen-bond donors (Lipinski definition) is 3. The number of halogens is 1. The standard InChI is InChI=1S/C15H22N2O4.ClH/c1-20-11-4-2-10(3-5-11)13(18)9-17-15(19)14-7-6-12(8-16)21-14;/h2-5,12-14,18H,6-9,16H2,1H3,(H,17,19);1H/t12-,13?,14+;/m1./s1. The molecule has 3 atom stereocenters. The monoisotopic (exact) mass is 330 g/mol. The number of aliphatic hydroxyl groups is 1. The van der Waals surface area contributed by atoms with Crippen LogP contribution in [0, 0.1) is 0 Å². The Morgan fingerprint density at radius 3 is 2.68 bits per heavy atom. The Morgan fingerprint density at radius 1 is 1.45 bits per heavy atom. The van der Waals surface area contributed by atoms with Crippen molar-refractivity contribution < 1.29 is 19.4 Å². The molecule has 1 unspecified atom stereocenters. The fourth-order valence-corrected chi connectivity index (χ4v) is 2.33. The molecule has 7 heteroatoms. The Balaban J connectivity index is 0.00000242. The number of amides is 1. The summed E-state index contributed by atoms with van der Waals surface area (Å²) >= 11 is 0. The van der Waals surface area contributed by atoms with E-state index in [0.717, 1.165) is 17.7 Å². The number of carbonyl (C=O) groups is 1. The Morgan fingerprint density at radius 2 is 2.14 bits per heavy atom. The molecule has 1 heterocycles. The second-order valence-corrected chi connectivity index (χ2v) is 5.09. The number of carbonyl (C=O) groups excluding carboxylic acids is 1. The Hall–Kier alpha value is -1.34. The van der Waals surface area contributed by atoms with Gasteiger partial charge in [-0.3, -0.25) is 4.79 Å². The number of nitrogens with one attached hydrogen (secondary N) is 1. The first-order chi connectivity index (χ1) is 10.1. The minimum Gasteiger partial charge on any atom is -0.497 e. The smallest absolute Gasteiger partial charge is 0.249 e. The zero-order valence-corrected chi connectivity index (χ0v) is 13.3. The fraction of sp³-hybridized carbons (Fsp3) is 0.533. The number of nitrogens with two attached hydrogens (primary N) is 1. The first kappa shape index (κ1) is 18.7. The van der Waals surface area contributed by atoms with Crippen LogP contribution in [0.5, 0.6) is 5.75 Å². The predicted molar refractivity (Wildman–Crippen MR) is 85.2 cm³/mol. The summed E-state index contributed by atoms with van der Waals surface area (Å²) in [5.41, 5.74) is 6.24. The van der Waals surface area contributed by atoms with E-state index in [2.05, 4.69) is 5.32 Å². The van der Waals surface area contributed by atoms with Gasteiger partial charge in [0.1, 0.15) is 11.9 Å². The van der Waals surface area contributed by atoms with E-state index in [1.165, 1.54) is 0 Å². The zero-order valence-electron chi connectivity index (χ0n) is 12.5. The van der Waals surface area contributed by atoms with Crippen molar-refractivity contribution in [1.82, 2.24) is 5.32 Å². The highest BCUT2D eigenvalue weighted by Gasteiger charge is 2.29.